The van der Waals surface area contributed by atoms with Crippen molar-refractivity contribution in [3.8, 4) is 5.75 Å². The lowest BCUT2D eigenvalue weighted by Gasteiger charge is -2.08. The molecule has 0 saturated carbocycles. The molecule has 98 valence electrons. The average molecular weight is 275 g/mol. The minimum atomic E-state index is -0.411. The Bertz CT molecular complexity index is 596. The van der Waals surface area contributed by atoms with Gasteiger partial charge in [0.1, 0.15) is 23.2 Å². The highest BCUT2D eigenvalue weighted by molar-refractivity contribution is 7.80. The van der Waals surface area contributed by atoms with Crippen LogP contribution in [0.1, 0.15) is 16.7 Å². The van der Waals surface area contributed by atoms with Crippen LogP contribution in [0.25, 0.3) is 0 Å². The van der Waals surface area contributed by atoms with E-state index in [4.69, 9.17) is 22.7 Å². The Balaban J connectivity index is 2.09. The lowest BCUT2D eigenvalue weighted by molar-refractivity contribution is 0.306. The second-order valence-corrected chi connectivity index (χ2v) is 4.72. The third-order valence-corrected chi connectivity index (χ3v) is 2.94. The molecule has 2 nitrogen and oxygen atoms in total. The summed E-state index contributed by atoms with van der Waals surface area (Å²) in [6.45, 7) is 2.36. The Labute approximate surface area is 117 Å². The normalized spacial score (nSPS) is 10.2. The van der Waals surface area contributed by atoms with Gasteiger partial charge in [-0.2, -0.15) is 0 Å². The van der Waals surface area contributed by atoms with Gasteiger partial charge < -0.3 is 10.5 Å². The molecule has 2 N–H and O–H groups in total. The van der Waals surface area contributed by atoms with Gasteiger partial charge >= 0.3 is 0 Å². The van der Waals surface area contributed by atoms with Crippen molar-refractivity contribution in [2.45, 2.75) is 13.5 Å². The summed E-state index contributed by atoms with van der Waals surface area (Å²) in [5, 5.41) is 0. The largest absolute Gasteiger partial charge is 0.489 e. The second-order valence-electron chi connectivity index (χ2n) is 4.28. The zero-order valence-corrected chi connectivity index (χ0v) is 11.3. The van der Waals surface area contributed by atoms with E-state index in [9.17, 15) is 4.39 Å². The molecule has 0 atom stereocenters. The molecule has 0 spiro atoms. The van der Waals surface area contributed by atoms with Crippen molar-refractivity contribution in [3.05, 3.63) is 65.0 Å². The Morgan fingerprint density at radius 1 is 1.21 bits per heavy atom. The van der Waals surface area contributed by atoms with Crippen LogP contribution in [0.15, 0.2) is 42.5 Å². The smallest absolute Gasteiger partial charge is 0.133 e. The van der Waals surface area contributed by atoms with Crippen molar-refractivity contribution < 1.29 is 9.13 Å². The van der Waals surface area contributed by atoms with E-state index in [1.54, 1.807) is 12.1 Å². The summed E-state index contributed by atoms with van der Waals surface area (Å²) in [6.07, 6.45) is 0. The number of benzene rings is 2. The van der Waals surface area contributed by atoms with Gasteiger partial charge in [-0.25, -0.2) is 4.39 Å². The molecule has 0 saturated heterocycles. The summed E-state index contributed by atoms with van der Waals surface area (Å²) < 4.78 is 19.0. The molecule has 0 unspecified atom stereocenters. The first kappa shape index (κ1) is 13.5. The molecule has 0 amide bonds. The fraction of sp³-hybridized carbons (Fsp3) is 0.133. The quantitative estimate of drug-likeness (QED) is 0.869. The number of halogens is 1. The molecule has 0 aliphatic carbocycles. The Kier molecular flexibility index (Phi) is 4.12. The standard InChI is InChI=1S/C15H14FNOS/c1-10-2-5-12(6-3-10)18-9-11-4-7-14(16)13(8-11)15(17)19/h2-8H,9H2,1H3,(H2,17,19). The molecule has 0 aromatic heterocycles. The van der Waals surface area contributed by atoms with Crippen molar-refractivity contribution in [3.63, 3.8) is 0 Å². The van der Waals surface area contributed by atoms with Crippen LogP contribution in [-0.4, -0.2) is 4.99 Å². The minimum absolute atomic E-state index is 0.0506. The van der Waals surface area contributed by atoms with E-state index in [-0.39, 0.29) is 10.6 Å². The van der Waals surface area contributed by atoms with E-state index >= 15 is 0 Å². The van der Waals surface area contributed by atoms with Crippen LogP contribution in [0.5, 0.6) is 5.75 Å². The van der Waals surface area contributed by atoms with E-state index in [2.05, 4.69) is 0 Å². The predicted octanol–water partition coefficient (Wildman–Crippen LogP) is 3.35. The summed E-state index contributed by atoms with van der Waals surface area (Å²) in [6, 6.07) is 12.4. The van der Waals surface area contributed by atoms with Gasteiger partial charge in [0.25, 0.3) is 0 Å². The molecule has 0 bridgehead atoms. The van der Waals surface area contributed by atoms with Crippen molar-refractivity contribution >= 4 is 17.2 Å². The highest BCUT2D eigenvalue weighted by Crippen LogP contribution is 2.15. The molecule has 2 aromatic rings. The van der Waals surface area contributed by atoms with E-state index in [1.807, 2.05) is 31.2 Å². The van der Waals surface area contributed by atoms with E-state index in [0.29, 0.717) is 6.61 Å². The Morgan fingerprint density at radius 3 is 2.53 bits per heavy atom. The molecule has 19 heavy (non-hydrogen) atoms. The van der Waals surface area contributed by atoms with E-state index in [0.717, 1.165) is 11.3 Å². The zero-order valence-electron chi connectivity index (χ0n) is 10.5. The first-order valence-corrected chi connectivity index (χ1v) is 6.25. The van der Waals surface area contributed by atoms with E-state index < -0.39 is 5.82 Å². The van der Waals surface area contributed by atoms with Crippen molar-refractivity contribution in [2.75, 3.05) is 0 Å². The van der Waals surface area contributed by atoms with Crippen molar-refractivity contribution in [1.82, 2.24) is 0 Å². The molecule has 0 aliphatic heterocycles. The van der Waals surface area contributed by atoms with Gasteiger partial charge in [-0.05, 0) is 36.8 Å². The maximum absolute atomic E-state index is 13.4. The lowest BCUT2D eigenvalue weighted by Crippen LogP contribution is -2.12. The number of nitrogens with two attached hydrogens (primary N) is 1. The van der Waals surface area contributed by atoms with Crippen molar-refractivity contribution in [1.29, 1.82) is 0 Å². The molecular weight excluding hydrogens is 261 g/mol. The molecule has 0 heterocycles. The SMILES string of the molecule is Cc1ccc(OCc2ccc(F)c(C(N)=S)c2)cc1. The number of rotatable bonds is 4. The zero-order chi connectivity index (χ0) is 13.8. The van der Waals surface area contributed by atoms with Gasteiger partial charge in [0.05, 0.1) is 0 Å². The first-order chi connectivity index (χ1) is 9.06. The number of hydrogen-bond acceptors (Lipinski definition) is 2. The predicted molar refractivity (Wildman–Crippen MR) is 77.8 cm³/mol. The number of aryl methyl sites for hydroxylation is 1. The van der Waals surface area contributed by atoms with Gasteiger partial charge in [0.15, 0.2) is 0 Å². The average Bonchev–Trinajstić information content (AvgIpc) is 2.39. The van der Waals surface area contributed by atoms with Gasteiger partial charge in [0, 0.05) is 5.56 Å². The Hall–Kier alpha value is -1.94. The molecule has 0 radical (unpaired) electrons. The monoisotopic (exact) mass is 275 g/mol. The number of ether oxygens (including phenoxy) is 1. The Morgan fingerprint density at radius 2 is 1.89 bits per heavy atom. The summed E-state index contributed by atoms with van der Waals surface area (Å²) in [5.41, 5.74) is 7.70. The number of hydrogen-bond donors (Lipinski definition) is 1. The van der Waals surface area contributed by atoms with Crippen molar-refractivity contribution in [2.24, 2.45) is 5.73 Å². The second kappa shape index (κ2) is 5.80. The van der Waals surface area contributed by atoms with Gasteiger partial charge in [-0.15, -0.1) is 0 Å². The van der Waals surface area contributed by atoms with E-state index in [1.165, 1.54) is 11.6 Å². The number of thiocarbonyl (C=S) groups is 1. The molecule has 4 heteroatoms. The third kappa shape index (κ3) is 3.51. The summed E-state index contributed by atoms with van der Waals surface area (Å²) in [4.78, 5) is 0.0506. The molecule has 0 aliphatic rings. The van der Waals surface area contributed by atoms with Crippen LogP contribution in [0.4, 0.5) is 4.39 Å². The lowest BCUT2D eigenvalue weighted by atomic mass is 10.1. The fourth-order valence-electron chi connectivity index (χ4n) is 1.65. The maximum atomic E-state index is 13.4. The summed E-state index contributed by atoms with van der Waals surface area (Å²) in [5.74, 6) is 0.360. The van der Waals surface area contributed by atoms with Crippen LogP contribution >= 0.6 is 12.2 Å². The maximum Gasteiger partial charge on any atom is 0.133 e. The summed E-state index contributed by atoms with van der Waals surface area (Å²) >= 11 is 4.80. The minimum Gasteiger partial charge on any atom is -0.489 e. The van der Waals surface area contributed by atoms with Gasteiger partial charge in [-0.3, -0.25) is 0 Å². The summed E-state index contributed by atoms with van der Waals surface area (Å²) in [7, 11) is 0. The fourth-order valence-corrected chi connectivity index (χ4v) is 1.81. The highest BCUT2D eigenvalue weighted by atomic mass is 32.1. The topological polar surface area (TPSA) is 35.2 Å². The molecule has 2 rings (SSSR count). The van der Waals surface area contributed by atoms with Crippen LogP contribution in [0.3, 0.4) is 0 Å². The molecule has 0 fully saturated rings. The van der Waals surface area contributed by atoms with Gasteiger partial charge in [-0.1, -0.05) is 36.0 Å². The van der Waals surface area contributed by atoms with Crippen LogP contribution < -0.4 is 10.5 Å². The first-order valence-electron chi connectivity index (χ1n) is 5.84. The highest BCUT2D eigenvalue weighted by Gasteiger charge is 2.06. The molecular formula is C15H14FNOS. The van der Waals surface area contributed by atoms with Crippen LogP contribution in [-0.2, 0) is 6.61 Å². The van der Waals surface area contributed by atoms with Crippen LogP contribution in [0.2, 0.25) is 0 Å². The third-order valence-electron chi connectivity index (χ3n) is 2.72. The molecule has 2 aromatic carbocycles. The van der Waals surface area contributed by atoms with Crippen LogP contribution in [0, 0.1) is 12.7 Å². The van der Waals surface area contributed by atoms with Gasteiger partial charge in [0.2, 0.25) is 0 Å².